The molecule has 4 rings (SSSR count). The number of hydrogen-bond acceptors (Lipinski definition) is 4. The molecule has 3 aromatic rings. The van der Waals surface area contributed by atoms with Gasteiger partial charge in [0, 0.05) is 0 Å². The highest BCUT2D eigenvalue weighted by atomic mass is 16.5. The Bertz CT molecular complexity index is 1130. The number of ether oxygens (including phenoxy) is 1. The molecule has 0 saturated heterocycles. The van der Waals surface area contributed by atoms with E-state index in [0.717, 1.165) is 22.4 Å². The van der Waals surface area contributed by atoms with E-state index in [2.05, 4.69) is 11.4 Å². The first-order chi connectivity index (χ1) is 13.7. The number of carbonyl (C=O) groups is 1. The molecule has 1 heterocycles. The minimum absolute atomic E-state index is 0.133. The Morgan fingerprint density at radius 2 is 1.79 bits per heavy atom. The summed E-state index contributed by atoms with van der Waals surface area (Å²) in [6, 6.07) is 22.8. The van der Waals surface area contributed by atoms with E-state index in [1.165, 1.54) is 0 Å². The van der Waals surface area contributed by atoms with Crippen molar-refractivity contribution in [2.45, 2.75) is 6.42 Å². The zero-order chi connectivity index (χ0) is 19.5. The second-order valence-electron chi connectivity index (χ2n) is 6.44. The van der Waals surface area contributed by atoms with Crippen LogP contribution in [0.15, 0.2) is 71.7 Å². The Hall–Kier alpha value is -3.91. The molecule has 5 nitrogen and oxygen atoms in total. The highest BCUT2D eigenvalue weighted by Gasteiger charge is 2.18. The lowest BCUT2D eigenvalue weighted by atomic mass is 10.0. The summed E-state index contributed by atoms with van der Waals surface area (Å²) in [6.45, 7) is 0. The molecule has 1 amide bonds. The van der Waals surface area contributed by atoms with Crippen molar-refractivity contribution in [2.75, 3.05) is 12.4 Å². The largest absolute Gasteiger partial charge is 0.497 e. The quantitative estimate of drug-likeness (QED) is 0.729. The molecular formula is C23H17N3O2. The molecule has 0 aliphatic carbocycles. The second-order valence-corrected chi connectivity index (χ2v) is 6.44. The normalized spacial score (nSPS) is 12.9. The average Bonchev–Trinajstić information content (AvgIpc) is 2.91. The Kier molecular flexibility index (Phi) is 4.61. The number of benzene rings is 3. The van der Waals surface area contributed by atoms with Crippen LogP contribution in [0, 0.1) is 11.3 Å². The minimum atomic E-state index is -0.133. The minimum Gasteiger partial charge on any atom is -0.497 e. The first-order valence-electron chi connectivity index (χ1n) is 8.83. The molecule has 0 saturated carbocycles. The van der Waals surface area contributed by atoms with Crippen molar-refractivity contribution < 1.29 is 9.53 Å². The number of methoxy groups -OCH3 is 1. The lowest BCUT2D eigenvalue weighted by molar-refractivity contribution is -0.115. The molecule has 28 heavy (non-hydrogen) atoms. The van der Waals surface area contributed by atoms with Gasteiger partial charge >= 0.3 is 0 Å². The number of rotatable bonds is 3. The molecular weight excluding hydrogens is 350 g/mol. The number of anilines is 1. The summed E-state index contributed by atoms with van der Waals surface area (Å²) in [7, 11) is 1.63. The molecule has 0 fully saturated rings. The van der Waals surface area contributed by atoms with E-state index in [1.807, 2.05) is 48.5 Å². The second kappa shape index (κ2) is 7.37. The lowest BCUT2D eigenvalue weighted by Gasteiger charge is -2.09. The number of nitrogens with one attached hydrogen (secondary N) is 1. The average molecular weight is 367 g/mol. The van der Waals surface area contributed by atoms with E-state index in [9.17, 15) is 4.79 Å². The van der Waals surface area contributed by atoms with Crippen molar-refractivity contribution >= 4 is 23.0 Å². The number of aliphatic imine (C=N–C) groups is 1. The van der Waals surface area contributed by atoms with Crippen LogP contribution in [0.1, 0.15) is 17.5 Å². The fourth-order valence-corrected chi connectivity index (χ4v) is 3.16. The van der Waals surface area contributed by atoms with Crippen LogP contribution in [-0.4, -0.2) is 18.7 Å². The highest BCUT2D eigenvalue weighted by molar-refractivity contribution is 6.17. The number of amides is 1. The molecule has 0 atom stereocenters. The number of nitrogens with zero attached hydrogens (tertiary/aromatic N) is 2. The molecule has 1 aliphatic rings. The third kappa shape index (κ3) is 3.49. The summed E-state index contributed by atoms with van der Waals surface area (Å²) in [5, 5.41) is 12.1. The number of nitriles is 1. The first kappa shape index (κ1) is 17.5. The van der Waals surface area contributed by atoms with Gasteiger partial charge in [0.15, 0.2) is 0 Å². The predicted molar refractivity (Wildman–Crippen MR) is 109 cm³/mol. The van der Waals surface area contributed by atoms with Crippen molar-refractivity contribution in [3.63, 3.8) is 0 Å². The van der Waals surface area contributed by atoms with Crippen molar-refractivity contribution in [2.24, 2.45) is 4.99 Å². The summed E-state index contributed by atoms with van der Waals surface area (Å²) in [4.78, 5) is 17.1. The highest BCUT2D eigenvalue weighted by Crippen LogP contribution is 2.34. The first-order valence-corrected chi connectivity index (χ1v) is 8.83. The van der Waals surface area contributed by atoms with E-state index in [0.29, 0.717) is 22.6 Å². The molecule has 0 spiro atoms. The van der Waals surface area contributed by atoms with Crippen LogP contribution >= 0.6 is 0 Å². The fourth-order valence-electron chi connectivity index (χ4n) is 3.16. The van der Waals surface area contributed by atoms with Gasteiger partial charge in [-0.3, -0.25) is 9.79 Å². The number of hydrogen-bond donors (Lipinski definition) is 1. The Morgan fingerprint density at radius 1 is 1.00 bits per heavy atom. The zero-order valence-electron chi connectivity index (χ0n) is 15.3. The topological polar surface area (TPSA) is 74.5 Å². The third-order valence-corrected chi connectivity index (χ3v) is 4.60. The Balaban J connectivity index is 1.74. The van der Waals surface area contributed by atoms with E-state index in [4.69, 9.17) is 15.0 Å². The SMILES string of the molecule is COc1ccc(-c2ccc3c(c2)NC(=O)CC(c2cccc(C#N)c2)=N3)cc1. The lowest BCUT2D eigenvalue weighted by Crippen LogP contribution is -2.15. The van der Waals surface area contributed by atoms with E-state index < -0.39 is 0 Å². The van der Waals surface area contributed by atoms with Gasteiger partial charge in [0.05, 0.1) is 42.2 Å². The van der Waals surface area contributed by atoms with Gasteiger partial charge in [-0.2, -0.15) is 5.26 Å². The van der Waals surface area contributed by atoms with Crippen LogP contribution in [0.5, 0.6) is 5.75 Å². The molecule has 0 aromatic heterocycles. The molecule has 1 aliphatic heterocycles. The van der Waals surface area contributed by atoms with Gasteiger partial charge in [0.25, 0.3) is 0 Å². The number of carbonyl (C=O) groups excluding carboxylic acids is 1. The monoisotopic (exact) mass is 367 g/mol. The van der Waals surface area contributed by atoms with Crippen LogP contribution in [0.4, 0.5) is 11.4 Å². The van der Waals surface area contributed by atoms with E-state index in [-0.39, 0.29) is 12.3 Å². The Labute approximate surface area is 162 Å². The van der Waals surface area contributed by atoms with Crippen LogP contribution in [-0.2, 0) is 4.79 Å². The Morgan fingerprint density at radius 3 is 2.54 bits per heavy atom. The van der Waals surface area contributed by atoms with E-state index in [1.54, 1.807) is 25.3 Å². The zero-order valence-corrected chi connectivity index (χ0v) is 15.3. The maximum atomic E-state index is 12.4. The molecule has 1 N–H and O–H groups in total. The predicted octanol–water partition coefficient (Wildman–Crippen LogP) is 4.70. The summed E-state index contributed by atoms with van der Waals surface area (Å²) >= 11 is 0. The maximum absolute atomic E-state index is 12.4. The van der Waals surface area contributed by atoms with Gasteiger partial charge in [-0.15, -0.1) is 0 Å². The summed E-state index contributed by atoms with van der Waals surface area (Å²) in [5.41, 5.74) is 5.33. The molecule has 136 valence electrons. The van der Waals surface area contributed by atoms with Crippen molar-refractivity contribution in [1.82, 2.24) is 0 Å². The summed E-state index contributed by atoms with van der Waals surface area (Å²) in [5.74, 6) is 0.660. The maximum Gasteiger partial charge on any atom is 0.230 e. The van der Waals surface area contributed by atoms with Crippen molar-refractivity contribution in [3.05, 3.63) is 77.9 Å². The molecule has 0 bridgehead atoms. The standard InChI is InChI=1S/C23H17N3O2/c1-28-19-8-5-16(6-9-19)17-7-10-20-22(12-17)26-23(27)13-21(25-20)18-4-2-3-15(11-18)14-24/h2-12H,13H2,1H3,(H,26,27). The molecule has 0 radical (unpaired) electrons. The molecule has 5 heteroatoms. The van der Waals surface area contributed by atoms with Crippen LogP contribution in [0.3, 0.4) is 0 Å². The number of fused-ring (bicyclic) bond motifs is 1. The third-order valence-electron chi connectivity index (χ3n) is 4.60. The summed E-state index contributed by atoms with van der Waals surface area (Å²) < 4.78 is 5.20. The van der Waals surface area contributed by atoms with Gasteiger partial charge < -0.3 is 10.1 Å². The van der Waals surface area contributed by atoms with Gasteiger partial charge in [-0.1, -0.05) is 30.3 Å². The van der Waals surface area contributed by atoms with Gasteiger partial charge in [-0.05, 0) is 53.1 Å². The van der Waals surface area contributed by atoms with Crippen molar-refractivity contribution in [1.29, 1.82) is 5.26 Å². The van der Waals surface area contributed by atoms with Crippen LogP contribution in [0.2, 0.25) is 0 Å². The van der Waals surface area contributed by atoms with Crippen LogP contribution < -0.4 is 10.1 Å². The molecule has 3 aromatic carbocycles. The van der Waals surface area contributed by atoms with Gasteiger partial charge in [-0.25, -0.2) is 0 Å². The van der Waals surface area contributed by atoms with Crippen molar-refractivity contribution in [3.8, 4) is 22.9 Å². The molecule has 0 unspecified atom stereocenters. The fraction of sp³-hybridized carbons (Fsp3) is 0.0870. The smallest absolute Gasteiger partial charge is 0.230 e. The van der Waals surface area contributed by atoms with Gasteiger partial charge in [0.1, 0.15) is 5.75 Å². The van der Waals surface area contributed by atoms with E-state index >= 15 is 0 Å². The summed E-state index contributed by atoms with van der Waals surface area (Å²) in [6.07, 6.45) is 0.154. The van der Waals surface area contributed by atoms with Crippen LogP contribution in [0.25, 0.3) is 11.1 Å². The van der Waals surface area contributed by atoms with Gasteiger partial charge in [0.2, 0.25) is 5.91 Å².